The maximum atomic E-state index is 11.6. The molecular weight excluding hydrogens is 248 g/mol. The van der Waals surface area contributed by atoms with Crippen LogP contribution in [0.1, 0.15) is 24.8 Å². The Labute approximate surface area is 109 Å². The lowest BCUT2D eigenvalue weighted by Crippen LogP contribution is -2.40. The predicted octanol–water partition coefficient (Wildman–Crippen LogP) is 1.18. The summed E-state index contributed by atoms with van der Waals surface area (Å²) in [6.07, 6.45) is 8.61. The first-order valence-electron chi connectivity index (χ1n) is 6.38. The minimum Gasteiger partial charge on any atom is -0.312 e. The van der Waals surface area contributed by atoms with E-state index in [9.17, 15) is 8.42 Å². The molecule has 0 saturated heterocycles. The number of sulfone groups is 1. The van der Waals surface area contributed by atoms with E-state index in [1.165, 1.54) is 11.8 Å². The van der Waals surface area contributed by atoms with Crippen LogP contribution in [0.25, 0.3) is 0 Å². The standard InChI is InChI=1S/C13H20N2O2S/c1-18(16,17)13-6-2-5-12(13)15-9-7-11-4-3-8-14-10-11/h3-4,8,10,12-13,15H,2,5-7,9H2,1H3. The van der Waals surface area contributed by atoms with E-state index in [0.717, 1.165) is 32.2 Å². The zero-order valence-electron chi connectivity index (χ0n) is 10.7. The monoisotopic (exact) mass is 268 g/mol. The summed E-state index contributed by atoms with van der Waals surface area (Å²) in [7, 11) is -2.92. The highest BCUT2D eigenvalue weighted by molar-refractivity contribution is 7.91. The van der Waals surface area contributed by atoms with Crippen molar-refractivity contribution < 1.29 is 8.42 Å². The second-order valence-electron chi connectivity index (χ2n) is 4.97. The van der Waals surface area contributed by atoms with Gasteiger partial charge in [-0.2, -0.15) is 0 Å². The topological polar surface area (TPSA) is 59.1 Å². The first-order chi connectivity index (χ1) is 8.57. The molecule has 0 radical (unpaired) electrons. The summed E-state index contributed by atoms with van der Waals surface area (Å²) in [5, 5.41) is 3.18. The molecule has 1 aliphatic rings. The number of hydrogen-bond acceptors (Lipinski definition) is 4. The Morgan fingerprint density at radius 2 is 2.28 bits per heavy atom. The molecule has 2 atom stereocenters. The van der Waals surface area contributed by atoms with Crippen LogP contribution in [0.15, 0.2) is 24.5 Å². The molecule has 0 aromatic carbocycles. The van der Waals surface area contributed by atoms with Gasteiger partial charge in [0.1, 0.15) is 0 Å². The van der Waals surface area contributed by atoms with Crippen molar-refractivity contribution in [2.75, 3.05) is 12.8 Å². The maximum Gasteiger partial charge on any atom is 0.151 e. The summed E-state index contributed by atoms with van der Waals surface area (Å²) in [5.74, 6) is 0. The zero-order chi connectivity index (χ0) is 13.0. The van der Waals surface area contributed by atoms with E-state index in [0.29, 0.717) is 0 Å². The Balaban J connectivity index is 1.83. The molecule has 1 aromatic rings. The SMILES string of the molecule is CS(=O)(=O)C1CCCC1NCCc1cccnc1. The van der Waals surface area contributed by atoms with Gasteiger partial charge in [-0.1, -0.05) is 12.5 Å². The van der Waals surface area contributed by atoms with Gasteiger partial charge in [-0.25, -0.2) is 8.42 Å². The number of pyridine rings is 1. The molecule has 5 heteroatoms. The number of nitrogens with zero attached hydrogens (tertiary/aromatic N) is 1. The highest BCUT2D eigenvalue weighted by atomic mass is 32.2. The van der Waals surface area contributed by atoms with Gasteiger partial charge in [0.15, 0.2) is 9.84 Å². The van der Waals surface area contributed by atoms with Crippen LogP contribution in [-0.4, -0.2) is 37.5 Å². The lowest BCUT2D eigenvalue weighted by Gasteiger charge is -2.19. The molecular formula is C13H20N2O2S. The lowest BCUT2D eigenvalue weighted by atomic mass is 10.2. The molecule has 1 heterocycles. The van der Waals surface area contributed by atoms with Gasteiger partial charge in [0.05, 0.1) is 5.25 Å². The lowest BCUT2D eigenvalue weighted by molar-refractivity contribution is 0.510. The van der Waals surface area contributed by atoms with Gasteiger partial charge in [0.25, 0.3) is 0 Å². The summed E-state index contributed by atoms with van der Waals surface area (Å²) in [4.78, 5) is 4.07. The third-order valence-corrected chi connectivity index (χ3v) is 5.21. The Morgan fingerprint density at radius 1 is 1.44 bits per heavy atom. The smallest absolute Gasteiger partial charge is 0.151 e. The molecule has 100 valence electrons. The zero-order valence-corrected chi connectivity index (χ0v) is 11.5. The van der Waals surface area contributed by atoms with Crippen LogP contribution >= 0.6 is 0 Å². The molecule has 0 aliphatic heterocycles. The molecule has 0 bridgehead atoms. The van der Waals surface area contributed by atoms with Crippen molar-refractivity contribution in [2.45, 2.75) is 37.0 Å². The molecule has 2 unspecified atom stereocenters. The average molecular weight is 268 g/mol. The fourth-order valence-corrected chi connectivity index (χ4v) is 4.04. The van der Waals surface area contributed by atoms with Crippen LogP contribution in [0.4, 0.5) is 0 Å². The van der Waals surface area contributed by atoms with E-state index in [1.54, 1.807) is 6.20 Å². The fraction of sp³-hybridized carbons (Fsp3) is 0.615. The van der Waals surface area contributed by atoms with Gasteiger partial charge in [0, 0.05) is 24.7 Å². The van der Waals surface area contributed by atoms with Crippen LogP contribution in [0.3, 0.4) is 0 Å². The highest BCUT2D eigenvalue weighted by Gasteiger charge is 2.34. The molecule has 18 heavy (non-hydrogen) atoms. The third kappa shape index (κ3) is 3.53. The fourth-order valence-electron chi connectivity index (χ4n) is 2.62. The minimum atomic E-state index is -2.92. The normalized spacial score (nSPS) is 24.3. The van der Waals surface area contributed by atoms with Crippen LogP contribution < -0.4 is 5.32 Å². The van der Waals surface area contributed by atoms with E-state index in [-0.39, 0.29) is 11.3 Å². The first-order valence-corrected chi connectivity index (χ1v) is 8.34. The Hall–Kier alpha value is -0.940. The second kappa shape index (κ2) is 5.80. The summed E-state index contributed by atoms with van der Waals surface area (Å²) < 4.78 is 23.3. The number of aromatic nitrogens is 1. The molecule has 1 N–H and O–H groups in total. The third-order valence-electron chi connectivity index (χ3n) is 3.55. The van der Waals surface area contributed by atoms with Gasteiger partial charge in [-0.05, 0) is 37.4 Å². The highest BCUT2D eigenvalue weighted by Crippen LogP contribution is 2.24. The Bertz CT molecular complexity index is 473. The average Bonchev–Trinajstić information content (AvgIpc) is 2.78. The summed E-state index contributed by atoms with van der Waals surface area (Å²) >= 11 is 0. The van der Waals surface area contributed by atoms with Gasteiger partial charge in [0.2, 0.25) is 0 Å². The van der Waals surface area contributed by atoms with Gasteiger partial charge >= 0.3 is 0 Å². The van der Waals surface area contributed by atoms with E-state index >= 15 is 0 Å². The van der Waals surface area contributed by atoms with Crippen molar-refractivity contribution >= 4 is 9.84 Å². The van der Waals surface area contributed by atoms with E-state index < -0.39 is 9.84 Å². The molecule has 4 nitrogen and oxygen atoms in total. The van der Waals surface area contributed by atoms with Crippen molar-refractivity contribution in [2.24, 2.45) is 0 Å². The Morgan fingerprint density at radius 3 is 2.94 bits per heavy atom. The summed E-state index contributed by atoms with van der Waals surface area (Å²) in [6.45, 7) is 0.808. The van der Waals surface area contributed by atoms with Crippen LogP contribution in [0.2, 0.25) is 0 Å². The van der Waals surface area contributed by atoms with Crippen molar-refractivity contribution in [3.8, 4) is 0 Å². The van der Waals surface area contributed by atoms with Gasteiger partial charge < -0.3 is 5.32 Å². The molecule has 1 fully saturated rings. The van der Waals surface area contributed by atoms with Crippen molar-refractivity contribution in [3.63, 3.8) is 0 Å². The number of nitrogens with one attached hydrogen (secondary N) is 1. The molecule has 2 rings (SSSR count). The van der Waals surface area contributed by atoms with Gasteiger partial charge in [-0.15, -0.1) is 0 Å². The van der Waals surface area contributed by atoms with Crippen molar-refractivity contribution in [1.82, 2.24) is 10.3 Å². The second-order valence-corrected chi connectivity index (χ2v) is 7.24. The van der Waals surface area contributed by atoms with Crippen LogP contribution in [0, 0.1) is 0 Å². The molecule has 1 aliphatic carbocycles. The molecule has 0 amide bonds. The first kappa shape index (κ1) is 13.5. The molecule has 0 spiro atoms. The van der Waals surface area contributed by atoms with E-state index in [2.05, 4.69) is 10.3 Å². The van der Waals surface area contributed by atoms with Crippen molar-refractivity contribution in [3.05, 3.63) is 30.1 Å². The predicted molar refractivity (Wildman–Crippen MR) is 72.2 cm³/mol. The van der Waals surface area contributed by atoms with Crippen molar-refractivity contribution in [1.29, 1.82) is 0 Å². The number of hydrogen-bond donors (Lipinski definition) is 1. The summed E-state index contributed by atoms with van der Waals surface area (Å²) in [6, 6.07) is 4.08. The minimum absolute atomic E-state index is 0.122. The number of rotatable bonds is 5. The van der Waals surface area contributed by atoms with Crippen LogP contribution in [0.5, 0.6) is 0 Å². The van der Waals surface area contributed by atoms with E-state index in [4.69, 9.17) is 0 Å². The maximum absolute atomic E-state index is 11.6. The molecule has 1 aromatic heterocycles. The largest absolute Gasteiger partial charge is 0.312 e. The summed E-state index contributed by atoms with van der Waals surface area (Å²) in [5.41, 5.74) is 1.18. The van der Waals surface area contributed by atoms with Crippen LogP contribution in [-0.2, 0) is 16.3 Å². The Kier molecular flexibility index (Phi) is 4.35. The van der Waals surface area contributed by atoms with E-state index in [1.807, 2.05) is 18.3 Å². The molecule has 1 saturated carbocycles. The van der Waals surface area contributed by atoms with Gasteiger partial charge in [-0.3, -0.25) is 4.98 Å². The quantitative estimate of drug-likeness (QED) is 0.871.